The van der Waals surface area contributed by atoms with Crippen molar-refractivity contribution in [2.75, 3.05) is 51.6 Å². The van der Waals surface area contributed by atoms with Gasteiger partial charge in [0.1, 0.15) is 52.8 Å². The molecule has 0 radical (unpaired) electrons. The first kappa shape index (κ1) is 71.4. The highest BCUT2D eigenvalue weighted by Gasteiger charge is 2.64. The van der Waals surface area contributed by atoms with Crippen LogP contribution in [0.3, 0.4) is 0 Å². The minimum Gasteiger partial charge on any atom is -0.495 e. The van der Waals surface area contributed by atoms with Crippen LogP contribution in [0.5, 0.6) is 5.75 Å². The molecule has 1 unspecified atom stereocenters. The summed E-state index contributed by atoms with van der Waals surface area (Å²) in [6, 6.07) is 4.97. The first-order chi connectivity index (χ1) is 42.2. The number of likely N-dealkylation sites (tertiary alicyclic amines) is 1. The minimum absolute atomic E-state index is 0.0364. The number of nitrogens with two attached hydrogens (primary N) is 2. The van der Waals surface area contributed by atoms with E-state index in [1.807, 2.05) is 13.0 Å². The van der Waals surface area contributed by atoms with Crippen molar-refractivity contribution in [2.24, 2.45) is 29.2 Å². The monoisotopic (exact) mass is 1280 g/mol. The molecule has 11 atom stereocenters. The number of unbranched alkanes of at least 4 members (excludes halogenated alkanes) is 2. The van der Waals surface area contributed by atoms with Gasteiger partial charge in [0.25, 0.3) is 5.91 Å². The van der Waals surface area contributed by atoms with Crippen LogP contribution in [0.1, 0.15) is 129 Å². The van der Waals surface area contributed by atoms with Crippen LogP contribution in [0.2, 0.25) is 5.02 Å². The molecule has 26 nitrogen and oxygen atoms in total. The van der Waals surface area contributed by atoms with Crippen LogP contribution in [-0.4, -0.2) is 175 Å². The lowest BCUT2D eigenvalue weighted by atomic mass is 9.83. The van der Waals surface area contributed by atoms with Gasteiger partial charge in [-0.2, -0.15) is 0 Å². The number of amides is 10. The molecular weight excluding hydrogens is 1190 g/mol. The number of aliphatic hydroxyl groups is 1. The maximum atomic E-state index is 14.5. The Bertz CT molecular complexity index is 3080. The highest BCUT2D eigenvalue weighted by Crippen LogP contribution is 2.49. The number of fused-ring (bicyclic) bond motifs is 5. The zero-order valence-corrected chi connectivity index (χ0v) is 54.2. The first-order valence-corrected chi connectivity index (χ1v) is 30.6. The maximum absolute atomic E-state index is 14.5. The predicted octanol–water partition coefficient (Wildman–Crippen LogP) is 4.51. The molecule has 2 aromatic carbocycles. The number of carbonyl (C=O) groups is 10. The number of carbonyl (C=O) groups excluding carboxylic acids is 10. The summed E-state index contributed by atoms with van der Waals surface area (Å²) in [5.41, 5.74) is 9.51. The highest BCUT2D eigenvalue weighted by molar-refractivity contribution is 6.35. The van der Waals surface area contributed by atoms with E-state index < -0.39 is 131 Å². The minimum atomic E-state index is -1.92. The Balaban J connectivity index is 1.13. The van der Waals surface area contributed by atoms with E-state index in [0.717, 1.165) is 16.0 Å². The number of halogens is 1. The molecule has 494 valence electrons. The Morgan fingerprint density at radius 1 is 0.967 bits per heavy atom. The van der Waals surface area contributed by atoms with E-state index in [9.17, 15) is 53.1 Å². The van der Waals surface area contributed by atoms with Gasteiger partial charge in [0.05, 0.1) is 31.2 Å². The third kappa shape index (κ3) is 17.9. The van der Waals surface area contributed by atoms with Crippen LogP contribution in [0.25, 0.3) is 0 Å². The topological polar surface area (TPSA) is 362 Å². The van der Waals surface area contributed by atoms with Crippen molar-refractivity contribution in [3.8, 4) is 5.75 Å². The Labute approximate surface area is 530 Å². The molecule has 27 heteroatoms. The number of anilines is 2. The number of urea groups is 1. The van der Waals surface area contributed by atoms with E-state index in [0.29, 0.717) is 37.1 Å². The summed E-state index contributed by atoms with van der Waals surface area (Å²) in [6.07, 6.45) is 1.77. The van der Waals surface area contributed by atoms with Crippen LogP contribution in [0, 0.1) is 17.8 Å². The summed E-state index contributed by atoms with van der Waals surface area (Å²) in [5, 5.41) is 25.3. The van der Waals surface area contributed by atoms with Gasteiger partial charge in [0.15, 0.2) is 5.72 Å². The average molecular weight is 1280 g/mol. The van der Waals surface area contributed by atoms with Crippen molar-refractivity contribution in [2.45, 2.75) is 179 Å². The van der Waals surface area contributed by atoms with E-state index in [2.05, 4.69) is 26.6 Å². The van der Waals surface area contributed by atoms with Gasteiger partial charge in [0.2, 0.25) is 35.4 Å². The maximum Gasteiger partial charge on any atom is 0.409 e. The summed E-state index contributed by atoms with van der Waals surface area (Å²) in [5.74, 6) is -5.69. The number of epoxide rings is 1. The third-order valence-corrected chi connectivity index (χ3v) is 17.5. The van der Waals surface area contributed by atoms with Crippen molar-refractivity contribution in [1.82, 2.24) is 31.1 Å². The lowest BCUT2D eigenvalue weighted by Gasteiger charge is -2.42. The molecule has 2 aromatic rings. The Morgan fingerprint density at radius 2 is 1.66 bits per heavy atom. The number of alkyl carbamates (subject to hydrolysis) is 1. The molecule has 0 spiro atoms. The summed E-state index contributed by atoms with van der Waals surface area (Å²) < 4.78 is 29.6. The Hall–Kier alpha value is -7.65. The number of likely N-dealkylation sites (N-methyl/N-ethyl adjacent to an activating group) is 1. The molecule has 4 aliphatic rings. The number of hydrogen-bond acceptors (Lipinski definition) is 17. The first-order valence-electron chi connectivity index (χ1n) is 30.3. The molecule has 3 fully saturated rings. The number of esters is 1. The molecule has 10 N–H and O–H groups in total. The second-order valence-electron chi connectivity index (χ2n) is 24.9. The molecule has 0 aromatic heterocycles. The van der Waals surface area contributed by atoms with Gasteiger partial charge in [-0.15, -0.1) is 0 Å². The molecule has 4 bridgehead atoms. The fourth-order valence-corrected chi connectivity index (χ4v) is 11.7. The number of methoxy groups -OCH3 is 2. The summed E-state index contributed by atoms with van der Waals surface area (Å²) in [7, 11) is 5.76. The van der Waals surface area contributed by atoms with Gasteiger partial charge in [0, 0.05) is 76.3 Å². The van der Waals surface area contributed by atoms with Crippen LogP contribution >= 0.6 is 11.6 Å². The number of nitrogens with zero attached hydrogens (tertiary/aromatic N) is 3. The largest absolute Gasteiger partial charge is 0.495 e. The smallest absolute Gasteiger partial charge is 0.409 e. The number of rotatable bonds is 23. The molecule has 4 aliphatic heterocycles. The van der Waals surface area contributed by atoms with Crippen LogP contribution < -0.4 is 47.7 Å². The highest BCUT2D eigenvalue weighted by atomic mass is 35.5. The van der Waals surface area contributed by atoms with Gasteiger partial charge in [-0.25, -0.2) is 14.4 Å². The molecule has 90 heavy (non-hydrogen) atoms. The SMILES string of the molecule is COc1cc2cc(c1Cl)N(C)C(=O)C[C@H](OC(=O)[C@H](C)N(C)C(=O)c1ccc(NC(=O)[C@H](CCCNC(N)=O)NC(=O)[C@@H](NC(=O)CCCCCN3C(=O)CC(C(C)(C)N)C3=O)C(C)C)cc1)[C@]1(C)O[C@H]1[C@H](C)[C@@H]1C[C@@](O)(NC(=O)O1)[C@H](OC)/C=C/C=C(\C)C2. The number of ether oxygens (including phenoxy) is 5. The Morgan fingerprint density at radius 3 is 2.28 bits per heavy atom. The average Bonchev–Trinajstić information content (AvgIpc) is 1.57. The summed E-state index contributed by atoms with van der Waals surface area (Å²) in [4.78, 5) is 138. The van der Waals surface area contributed by atoms with Gasteiger partial charge in [-0.1, -0.05) is 62.6 Å². The molecule has 0 aliphatic carbocycles. The van der Waals surface area contributed by atoms with Gasteiger partial charge < -0.3 is 71.3 Å². The lowest BCUT2D eigenvalue weighted by Crippen LogP contribution is -2.63. The fraction of sp³-hybridized carbons (Fsp3) is 0.587. The van der Waals surface area contributed by atoms with Crippen molar-refractivity contribution in [3.05, 3.63) is 76.3 Å². The third-order valence-electron chi connectivity index (χ3n) is 17.1. The van der Waals surface area contributed by atoms with E-state index in [1.54, 1.807) is 65.8 Å². The lowest BCUT2D eigenvalue weighted by molar-refractivity contribution is -0.158. The number of primary amides is 1. The van der Waals surface area contributed by atoms with E-state index >= 15 is 0 Å². The normalized spacial score (nSPS) is 25.7. The van der Waals surface area contributed by atoms with Crippen molar-refractivity contribution in [3.63, 3.8) is 0 Å². The quantitative estimate of drug-likeness (QED) is 0.0328. The standard InChI is InChI=1S/C63H89ClN10O16/c1-34(2)52(70-48(75)21-14-13-15-27-74-50(77)31-41(57(74)81)61(6,7)66)55(79)69-42(19-17-26-67-59(65)83)54(78)68-40-24-22-39(23-25-40)56(80)72(9)37(5)58(82)89-47-32-49(76)73(10)43-29-38(30-44(86-11)51(43)64)28-35(3)18-16-20-46(87-12)63(85)33-45(88-60(84)71-63)36(4)53-62(47,8)90-53/h16,18,20,22-25,29-30,34,36-37,41-42,45-47,52-53,85H,13-15,17,19,21,26-28,31-33,66H2,1-12H3,(H,68,78)(H,69,79)(H,70,75)(H,71,84)(H3,65,67,83)/b20-16+,35-18+/t36-,37+,41?,42+,45+,46-,47+,52+,53+,62+,63+/m1/s1. The Kier molecular flexibility index (Phi) is 24.2. The molecular formula is C63H89ClN10O16. The van der Waals surface area contributed by atoms with Gasteiger partial charge >= 0.3 is 18.1 Å². The molecule has 0 saturated carbocycles. The van der Waals surface area contributed by atoms with E-state index in [-0.39, 0.29) is 73.3 Å². The zero-order chi connectivity index (χ0) is 66.7. The zero-order valence-electron chi connectivity index (χ0n) is 53.4. The molecule has 6 rings (SSSR count). The van der Waals surface area contributed by atoms with Crippen molar-refractivity contribution < 1.29 is 76.7 Å². The van der Waals surface area contributed by atoms with Crippen molar-refractivity contribution in [1.29, 1.82) is 0 Å². The van der Waals surface area contributed by atoms with E-state index in [4.69, 9.17) is 46.8 Å². The van der Waals surface area contributed by atoms with Crippen LogP contribution in [0.15, 0.2) is 60.2 Å². The van der Waals surface area contributed by atoms with Crippen LogP contribution in [-0.2, 0) is 58.9 Å². The number of hydrogen-bond donors (Lipinski definition) is 8. The number of benzene rings is 2. The van der Waals surface area contributed by atoms with E-state index in [1.165, 1.54) is 69.3 Å². The van der Waals surface area contributed by atoms with Gasteiger partial charge in [-0.3, -0.25) is 43.8 Å². The number of nitrogens with one attached hydrogen (secondary N) is 5. The fourth-order valence-electron chi connectivity index (χ4n) is 11.4. The number of imide groups is 1. The summed E-state index contributed by atoms with van der Waals surface area (Å²) in [6.45, 7) is 13.9. The second kappa shape index (κ2) is 30.4. The van der Waals surface area contributed by atoms with Crippen LogP contribution in [0.4, 0.5) is 21.0 Å². The van der Waals surface area contributed by atoms with Crippen molar-refractivity contribution >= 4 is 82.4 Å². The second-order valence-corrected chi connectivity index (χ2v) is 25.3. The van der Waals surface area contributed by atoms with Gasteiger partial charge in [-0.05, 0) is 115 Å². The molecule has 10 amide bonds. The summed E-state index contributed by atoms with van der Waals surface area (Å²) >= 11 is 6.85. The molecule has 3 saturated heterocycles. The predicted molar refractivity (Wildman–Crippen MR) is 332 cm³/mol. The number of allylic oxidation sites excluding steroid dienone is 3. The molecule has 4 heterocycles.